The van der Waals surface area contributed by atoms with Gasteiger partial charge in [-0.25, -0.2) is 8.78 Å². The molecule has 1 aliphatic heterocycles. The van der Waals surface area contributed by atoms with Crippen molar-refractivity contribution in [3.05, 3.63) is 64.7 Å². The van der Waals surface area contributed by atoms with Gasteiger partial charge in [0.2, 0.25) is 0 Å². The SMILES string of the molecule is CN1CCC(NC[C@@H](O)[C@@H](N)Cc2cc(F)cc(F)c2)c2cc(CC(C)(C)C)ccc21. The summed E-state index contributed by atoms with van der Waals surface area (Å²) in [6, 6.07) is 9.51. The highest BCUT2D eigenvalue weighted by Crippen LogP contribution is 2.35. The molecule has 2 aromatic rings. The minimum atomic E-state index is -0.827. The van der Waals surface area contributed by atoms with Gasteiger partial charge in [-0.15, -0.1) is 0 Å². The Hall–Kier alpha value is -2.02. The number of halogens is 2. The highest BCUT2D eigenvalue weighted by atomic mass is 19.1. The van der Waals surface area contributed by atoms with Gasteiger partial charge in [0.25, 0.3) is 0 Å². The fraction of sp³-hybridized carbons (Fsp3) is 0.520. The quantitative estimate of drug-likeness (QED) is 0.621. The lowest BCUT2D eigenvalue weighted by Crippen LogP contribution is -2.45. The van der Waals surface area contributed by atoms with Gasteiger partial charge in [0.05, 0.1) is 6.10 Å². The number of nitrogens with one attached hydrogen (secondary N) is 1. The Kier molecular flexibility index (Phi) is 7.35. The molecule has 3 atom stereocenters. The van der Waals surface area contributed by atoms with Crippen molar-refractivity contribution in [1.29, 1.82) is 0 Å². The van der Waals surface area contributed by atoms with Crippen molar-refractivity contribution in [2.75, 3.05) is 25.0 Å². The van der Waals surface area contributed by atoms with E-state index < -0.39 is 23.8 Å². The number of benzene rings is 2. The van der Waals surface area contributed by atoms with Crippen LogP contribution in [0.4, 0.5) is 14.5 Å². The number of nitrogens with two attached hydrogens (primary N) is 1. The molecule has 0 aromatic heterocycles. The average molecular weight is 432 g/mol. The van der Waals surface area contributed by atoms with Crippen LogP contribution in [0.5, 0.6) is 0 Å². The third kappa shape index (κ3) is 6.48. The second-order valence-corrected chi connectivity index (χ2v) is 10.0. The summed E-state index contributed by atoms with van der Waals surface area (Å²) in [4.78, 5) is 2.26. The van der Waals surface area contributed by atoms with E-state index in [-0.39, 0.29) is 17.9 Å². The van der Waals surface area contributed by atoms with E-state index in [1.807, 2.05) is 0 Å². The number of aliphatic hydroxyl groups excluding tert-OH is 1. The van der Waals surface area contributed by atoms with Crippen LogP contribution in [0, 0.1) is 17.0 Å². The molecule has 4 nitrogen and oxygen atoms in total. The maximum atomic E-state index is 13.4. The molecule has 0 aliphatic carbocycles. The van der Waals surface area contributed by atoms with Crippen LogP contribution < -0.4 is 16.0 Å². The minimum Gasteiger partial charge on any atom is -0.390 e. The summed E-state index contributed by atoms with van der Waals surface area (Å²) in [5.41, 5.74) is 10.5. The first-order valence-electron chi connectivity index (χ1n) is 11.0. The topological polar surface area (TPSA) is 61.5 Å². The largest absolute Gasteiger partial charge is 0.390 e. The Morgan fingerprint density at radius 2 is 1.81 bits per heavy atom. The Labute approximate surface area is 184 Å². The van der Waals surface area contributed by atoms with E-state index in [9.17, 15) is 13.9 Å². The number of fused-ring (bicyclic) bond motifs is 1. The molecule has 1 aliphatic rings. The molecule has 6 heteroatoms. The number of hydrogen-bond donors (Lipinski definition) is 3. The zero-order valence-electron chi connectivity index (χ0n) is 19.0. The van der Waals surface area contributed by atoms with Crippen molar-refractivity contribution in [1.82, 2.24) is 5.32 Å². The molecule has 0 saturated carbocycles. The molecule has 170 valence electrons. The summed E-state index contributed by atoms with van der Waals surface area (Å²) in [6.45, 7) is 7.94. The number of anilines is 1. The highest BCUT2D eigenvalue weighted by molar-refractivity contribution is 5.58. The van der Waals surface area contributed by atoms with Crippen molar-refractivity contribution >= 4 is 5.69 Å². The van der Waals surface area contributed by atoms with Crippen LogP contribution in [0.3, 0.4) is 0 Å². The summed E-state index contributed by atoms with van der Waals surface area (Å²) in [5, 5.41) is 14.0. The van der Waals surface area contributed by atoms with Gasteiger partial charge in [-0.05, 0) is 59.6 Å². The predicted molar refractivity (Wildman–Crippen MR) is 122 cm³/mol. The Balaban J connectivity index is 1.66. The van der Waals surface area contributed by atoms with Crippen LogP contribution in [-0.2, 0) is 12.8 Å². The van der Waals surface area contributed by atoms with Crippen LogP contribution >= 0.6 is 0 Å². The third-order valence-electron chi connectivity index (χ3n) is 5.83. The molecular formula is C25H35F2N3O. The first-order chi connectivity index (χ1) is 14.5. The van der Waals surface area contributed by atoms with Gasteiger partial charge in [-0.2, -0.15) is 0 Å². The zero-order valence-corrected chi connectivity index (χ0v) is 19.0. The molecule has 4 N–H and O–H groups in total. The van der Waals surface area contributed by atoms with Gasteiger partial charge in [-0.3, -0.25) is 0 Å². The molecular weight excluding hydrogens is 396 g/mol. The van der Waals surface area contributed by atoms with Crippen molar-refractivity contribution in [2.45, 2.75) is 58.2 Å². The lowest BCUT2D eigenvalue weighted by Gasteiger charge is -2.35. The number of aliphatic hydroxyl groups is 1. The van der Waals surface area contributed by atoms with Crippen LogP contribution in [0.25, 0.3) is 0 Å². The standard InChI is InChI=1S/C25H35F2N3O/c1-25(2,3)14-16-5-6-23-20(11-16)22(7-8-30(23)4)29-15-24(31)21(28)12-17-9-18(26)13-19(27)10-17/h5-6,9-11,13,21-22,24,29,31H,7-8,12,14-15,28H2,1-4H3/t21-,22?,24+/m0/s1. The number of nitrogens with zero attached hydrogens (tertiary/aromatic N) is 1. The van der Waals surface area contributed by atoms with Crippen molar-refractivity contribution in [3.63, 3.8) is 0 Å². The Bertz CT molecular complexity index is 877. The fourth-order valence-electron chi connectivity index (χ4n) is 4.32. The normalized spacial score (nSPS) is 18.6. The van der Waals surface area contributed by atoms with Crippen LogP contribution in [-0.4, -0.2) is 37.4 Å². The van der Waals surface area contributed by atoms with E-state index in [0.717, 1.165) is 25.5 Å². The molecule has 3 rings (SSSR count). The highest BCUT2D eigenvalue weighted by Gasteiger charge is 2.26. The Morgan fingerprint density at radius 3 is 2.45 bits per heavy atom. The molecule has 0 bridgehead atoms. The minimum absolute atomic E-state index is 0.125. The second-order valence-electron chi connectivity index (χ2n) is 10.0. The lowest BCUT2D eigenvalue weighted by molar-refractivity contribution is 0.137. The summed E-state index contributed by atoms with van der Waals surface area (Å²) in [5.74, 6) is -1.27. The molecule has 31 heavy (non-hydrogen) atoms. The molecule has 0 fully saturated rings. The molecule has 0 radical (unpaired) electrons. The fourth-order valence-corrected chi connectivity index (χ4v) is 4.32. The molecule has 1 unspecified atom stereocenters. The van der Waals surface area contributed by atoms with E-state index in [0.29, 0.717) is 12.1 Å². The lowest BCUT2D eigenvalue weighted by atomic mass is 9.86. The number of rotatable bonds is 7. The van der Waals surface area contributed by atoms with Crippen LogP contribution in [0.1, 0.15) is 49.9 Å². The average Bonchev–Trinajstić information content (AvgIpc) is 2.65. The molecule has 0 spiro atoms. The summed E-state index contributed by atoms with van der Waals surface area (Å²) in [7, 11) is 2.10. The van der Waals surface area contributed by atoms with E-state index in [2.05, 4.69) is 56.2 Å². The van der Waals surface area contributed by atoms with Gasteiger partial charge in [0.1, 0.15) is 11.6 Å². The predicted octanol–water partition coefficient (Wildman–Crippen LogP) is 3.95. The maximum Gasteiger partial charge on any atom is 0.126 e. The van der Waals surface area contributed by atoms with Crippen LogP contribution in [0.2, 0.25) is 0 Å². The van der Waals surface area contributed by atoms with Crippen molar-refractivity contribution in [3.8, 4) is 0 Å². The maximum absolute atomic E-state index is 13.4. The zero-order chi connectivity index (χ0) is 22.8. The summed E-state index contributed by atoms with van der Waals surface area (Å²) in [6.07, 6.45) is 1.30. The van der Waals surface area contributed by atoms with E-state index in [4.69, 9.17) is 5.73 Å². The van der Waals surface area contributed by atoms with E-state index >= 15 is 0 Å². The van der Waals surface area contributed by atoms with Gasteiger partial charge in [-0.1, -0.05) is 32.9 Å². The first kappa shape index (κ1) is 23.6. The molecule has 0 saturated heterocycles. The number of hydrogen-bond acceptors (Lipinski definition) is 4. The molecule has 2 aromatic carbocycles. The van der Waals surface area contributed by atoms with Gasteiger partial charge in [0, 0.05) is 44.0 Å². The Morgan fingerprint density at radius 1 is 1.13 bits per heavy atom. The monoisotopic (exact) mass is 431 g/mol. The van der Waals surface area contributed by atoms with E-state index in [1.165, 1.54) is 28.9 Å². The van der Waals surface area contributed by atoms with E-state index in [1.54, 1.807) is 0 Å². The summed E-state index contributed by atoms with van der Waals surface area (Å²) >= 11 is 0. The third-order valence-corrected chi connectivity index (χ3v) is 5.83. The van der Waals surface area contributed by atoms with Crippen LogP contribution in [0.15, 0.2) is 36.4 Å². The van der Waals surface area contributed by atoms with Crippen molar-refractivity contribution < 1.29 is 13.9 Å². The van der Waals surface area contributed by atoms with Crippen molar-refractivity contribution in [2.24, 2.45) is 11.1 Å². The second kappa shape index (κ2) is 9.63. The van der Waals surface area contributed by atoms with Gasteiger partial charge < -0.3 is 21.1 Å². The van der Waals surface area contributed by atoms with Gasteiger partial charge >= 0.3 is 0 Å². The smallest absolute Gasteiger partial charge is 0.126 e. The summed E-state index contributed by atoms with van der Waals surface area (Å²) < 4.78 is 26.8. The van der Waals surface area contributed by atoms with Gasteiger partial charge in [0.15, 0.2) is 0 Å². The molecule has 1 heterocycles. The molecule has 0 amide bonds. The first-order valence-corrected chi connectivity index (χ1v) is 11.0.